The van der Waals surface area contributed by atoms with Crippen molar-refractivity contribution in [2.24, 2.45) is 0 Å². The molecule has 0 aromatic rings. The van der Waals surface area contributed by atoms with Gasteiger partial charge in [0.15, 0.2) is 0 Å². The number of allylic oxidation sites excluding steroid dienone is 8. The van der Waals surface area contributed by atoms with Crippen LogP contribution < -0.4 is 5.32 Å². The molecule has 0 rings (SSSR count). The van der Waals surface area contributed by atoms with Gasteiger partial charge in [-0.25, -0.2) is 0 Å². The first-order chi connectivity index (χ1) is 33.0. The van der Waals surface area contributed by atoms with Gasteiger partial charge in [-0.05, 0) is 64.2 Å². The van der Waals surface area contributed by atoms with Crippen molar-refractivity contribution in [3.05, 3.63) is 48.6 Å². The number of unbranched alkanes of at least 4 members (excludes halogenated alkanes) is 33. The second-order valence-electron chi connectivity index (χ2n) is 20.1. The van der Waals surface area contributed by atoms with Gasteiger partial charge in [0.2, 0.25) is 5.91 Å². The maximum atomic E-state index is 13.3. The van der Waals surface area contributed by atoms with Crippen LogP contribution in [0.5, 0.6) is 0 Å². The number of hydrogen-bond donors (Lipinski definition) is 3. The number of amides is 1. The lowest BCUT2D eigenvalue weighted by Crippen LogP contribution is -2.46. The highest BCUT2D eigenvalue weighted by Crippen LogP contribution is 2.18. The fourth-order valence-electron chi connectivity index (χ4n) is 8.95. The first-order valence-electron chi connectivity index (χ1n) is 29.4. The molecule has 0 spiro atoms. The van der Waals surface area contributed by atoms with Crippen molar-refractivity contribution in [3.63, 3.8) is 0 Å². The van der Waals surface area contributed by atoms with Gasteiger partial charge in [0.1, 0.15) is 6.10 Å². The van der Waals surface area contributed by atoms with E-state index in [1.54, 1.807) is 0 Å². The minimum absolute atomic E-state index is 0.0431. The maximum absolute atomic E-state index is 13.3. The predicted octanol–water partition coefficient (Wildman–Crippen LogP) is 18.2. The molecule has 3 N–H and O–H groups in total. The molecular weight excluding hydrogens is 827 g/mol. The first-order valence-corrected chi connectivity index (χ1v) is 29.4. The van der Waals surface area contributed by atoms with E-state index in [1.807, 2.05) is 0 Å². The fourth-order valence-corrected chi connectivity index (χ4v) is 8.95. The number of aliphatic hydroxyl groups excluding tert-OH is 2. The van der Waals surface area contributed by atoms with Crippen LogP contribution in [0, 0.1) is 0 Å². The Kier molecular flexibility index (Phi) is 53.0. The number of esters is 1. The molecule has 6 nitrogen and oxygen atoms in total. The van der Waals surface area contributed by atoms with Crippen molar-refractivity contribution in [3.8, 4) is 0 Å². The lowest BCUT2D eigenvalue weighted by Gasteiger charge is -2.24. The van der Waals surface area contributed by atoms with Gasteiger partial charge < -0.3 is 20.3 Å². The highest BCUT2D eigenvalue weighted by molar-refractivity contribution is 5.77. The number of carbonyl (C=O) groups excluding carboxylic acids is 2. The average Bonchev–Trinajstić information content (AvgIpc) is 3.32. The van der Waals surface area contributed by atoms with E-state index in [-0.39, 0.29) is 24.9 Å². The predicted molar refractivity (Wildman–Crippen MR) is 292 cm³/mol. The van der Waals surface area contributed by atoms with E-state index in [4.69, 9.17) is 4.74 Å². The van der Waals surface area contributed by atoms with Crippen LogP contribution in [0.15, 0.2) is 48.6 Å². The molecule has 0 saturated heterocycles. The van der Waals surface area contributed by atoms with Gasteiger partial charge in [0.25, 0.3) is 0 Å². The maximum Gasteiger partial charge on any atom is 0.306 e. The number of rotatable bonds is 53. The van der Waals surface area contributed by atoms with Crippen LogP contribution in [-0.4, -0.2) is 46.9 Å². The summed E-state index contributed by atoms with van der Waals surface area (Å²) in [7, 11) is 0. The van der Waals surface area contributed by atoms with Crippen molar-refractivity contribution in [2.75, 3.05) is 6.61 Å². The lowest BCUT2D eigenvalue weighted by molar-refractivity contribution is -0.151. The third-order valence-corrected chi connectivity index (χ3v) is 13.4. The van der Waals surface area contributed by atoms with E-state index in [0.29, 0.717) is 19.3 Å². The van der Waals surface area contributed by atoms with Crippen LogP contribution in [0.1, 0.15) is 303 Å². The van der Waals surface area contributed by atoms with Crippen LogP contribution >= 0.6 is 0 Å². The van der Waals surface area contributed by atoms with E-state index >= 15 is 0 Å². The first kappa shape index (κ1) is 64.8. The smallest absolute Gasteiger partial charge is 0.306 e. The summed E-state index contributed by atoms with van der Waals surface area (Å²) in [6.45, 7) is 6.47. The van der Waals surface area contributed by atoms with E-state index in [0.717, 1.165) is 70.6 Å². The molecule has 3 unspecified atom stereocenters. The summed E-state index contributed by atoms with van der Waals surface area (Å²) in [5.74, 6) is -0.514. The summed E-state index contributed by atoms with van der Waals surface area (Å²) in [4.78, 5) is 26.3. The van der Waals surface area contributed by atoms with Gasteiger partial charge in [-0.15, -0.1) is 0 Å². The quantitative estimate of drug-likeness (QED) is 0.0321. The van der Waals surface area contributed by atoms with E-state index in [9.17, 15) is 19.8 Å². The van der Waals surface area contributed by atoms with Gasteiger partial charge in [0.05, 0.1) is 25.2 Å². The third-order valence-electron chi connectivity index (χ3n) is 13.4. The van der Waals surface area contributed by atoms with Crippen molar-refractivity contribution >= 4 is 11.9 Å². The average molecular weight is 941 g/mol. The van der Waals surface area contributed by atoms with Crippen molar-refractivity contribution in [1.82, 2.24) is 5.32 Å². The molecule has 0 saturated carbocycles. The van der Waals surface area contributed by atoms with Gasteiger partial charge in [-0.1, -0.05) is 275 Å². The number of carbonyl (C=O) groups is 2. The summed E-state index contributed by atoms with van der Waals surface area (Å²) in [5, 5.41) is 23.9. The summed E-state index contributed by atoms with van der Waals surface area (Å²) in [6.07, 6.45) is 67.5. The largest absolute Gasteiger partial charge is 0.462 e. The van der Waals surface area contributed by atoms with Crippen LogP contribution in [-0.2, 0) is 14.3 Å². The van der Waals surface area contributed by atoms with E-state index < -0.39 is 18.2 Å². The third kappa shape index (κ3) is 50.0. The van der Waals surface area contributed by atoms with E-state index in [2.05, 4.69) is 74.7 Å². The second kappa shape index (κ2) is 54.8. The number of aliphatic hydroxyl groups is 2. The molecule has 0 aliphatic rings. The molecule has 67 heavy (non-hydrogen) atoms. The zero-order valence-electron chi connectivity index (χ0n) is 44.8. The Labute approximate surface area is 416 Å². The standard InChI is InChI=1S/C61H113NO5/c1-4-7-10-13-16-19-22-25-28-30-32-34-37-40-43-46-49-52-57(67-61(66)54-51-48-45-42-39-36-31-27-24-21-18-15-12-9-6-3)55-60(65)62-58(56-63)59(64)53-50-47-44-41-38-35-33-29-26-23-20-17-14-11-8-5-2/h16,19,25,28,32,34,40,43,57-59,63-64H,4-15,17-18,20-24,26-27,29-31,33,35-39,41-42,44-56H2,1-3H3,(H,62,65)/b19-16-,28-25-,34-32-,43-40-. The van der Waals surface area contributed by atoms with Gasteiger partial charge >= 0.3 is 5.97 Å². The highest BCUT2D eigenvalue weighted by Gasteiger charge is 2.24. The highest BCUT2D eigenvalue weighted by atomic mass is 16.5. The normalized spacial score (nSPS) is 13.4. The molecule has 6 heteroatoms. The molecule has 0 aromatic carbocycles. The molecule has 3 atom stereocenters. The van der Waals surface area contributed by atoms with Gasteiger partial charge in [-0.3, -0.25) is 9.59 Å². The number of nitrogens with one attached hydrogen (secondary N) is 1. The van der Waals surface area contributed by atoms with Crippen LogP contribution in [0.25, 0.3) is 0 Å². The van der Waals surface area contributed by atoms with Gasteiger partial charge in [-0.2, -0.15) is 0 Å². The molecular formula is C61H113NO5. The molecule has 0 radical (unpaired) electrons. The zero-order valence-corrected chi connectivity index (χ0v) is 44.8. The molecule has 392 valence electrons. The molecule has 1 amide bonds. The Morgan fingerprint density at radius 1 is 0.433 bits per heavy atom. The zero-order chi connectivity index (χ0) is 48.8. The molecule has 0 fully saturated rings. The number of hydrogen-bond acceptors (Lipinski definition) is 5. The minimum atomic E-state index is -0.802. The van der Waals surface area contributed by atoms with Crippen LogP contribution in [0.4, 0.5) is 0 Å². The molecule has 0 aliphatic carbocycles. The fraction of sp³-hybridized carbons (Fsp3) is 0.836. The SMILES string of the molecule is CCCCC/C=C\C/C=C\C/C=C\C/C=C\CCCC(CC(=O)NC(CO)C(O)CCCCCCCCCCCCCCCCCC)OC(=O)CCCCCCCCCCCCCCCCC. The van der Waals surface area contributed by atoms with Crippen molar-refractivity contribution in [1.29, 1.82) is 0 Å². The Hall–Kier alpha value is -2.18. The minimum Gasteiger partial charge on any atom is -0.462 e. The number of ether oxygens (including phenoxy) is 1. The van der Waals surface area contributed by atoms with E-state index in [1.165, 1.54) is 186 Å². The Morgan fingerprint density at radius 3 is 1.18 bits per heavy atom. The van der Waals surface area contributed by atoms with Crippen molar-refractivity contribution < 1.29 is 24.5 Å². The van der Waals surface area contributed by atoms with Crippen molar-refractivity contribution in [2.45, 2.75) is 322 Å². The lowest BCUT2D eigenvalue weighted by atomic mass is 10.0. The molecule has 0 heterocycles. The monoisotopic (exact) mass is 940 g/mol. The van der Waals surface area contributed by atoms with Gasteiger partial charge in [0, 0.05) is 6.42 Å². The Bertz CT molecular complexity index is 1150. The van der Waals surface area contributed by atoms with Crippen LogP contribution in [0.3, 0.4) is 0 Å². The molecule has 0 aromatic heterocycles. The molecule has 0 bridgehead atoms. The molecule has 0 aliphatic heterocycles. The summed E-state index contributed by atoms with van der Waals surface area (Å²) in [6, 6.07) is -0.718. The summed E-state index contributed by atoms with van der Waals surface area (Å²) >= 11 is 0. The summed E-state index contributed by atoms with van der Waals surface area (Å²) < 4.78 is 5.94. The Morgan fingerprint density at radius 2 is 0.776 bits per heavy atom. The topological polar surface area (TPSA) is 95.9 Å². The van der Waals surface area contributed by atoms with Crippen LogP contribution in [0.2, 0.25) is 0 Å². The second-order valence-corrected chi connectivity index (χ2v) is 20.1. The Balaban J connectivity index is 4.62. The summed E-state index contributed by atoms with van der Waals surface area (Å²) in [5.41, 5.74) is 0.